The molecule has 6 heteroatoms. The lowest BCUT2D eigenvalue weighted by Gasteiger charge is -2.37. The molecule has 2 saturated carbocycles. The second-order valence-electron chi connectivity index (χ2n) is 8.96. The van der Waals surface area contributed by atoms with Crippen molar-refractivity contribution in [1.29, 1.82) is 0 Å². The maximum Gasteiger partial charge on any atom is 0.330 e. The Kier molecular flexibility index (Phi) is 10.4. The van der Waals surface area contributed by atoms with E-state index in [1.165, 1.54) is 0 Å². The van der Waals surface area contributed by atoms with Crippen molar-refractivity contribution in [2.75, 3.05) is 13.2 Å². The van der Waals surface area contributed by atoms with Crippen molar-refractivity contribution in [3.05, 3.63) is 12.7 Å². The van der Waals surface area contributed by atoms with Gasteiger partial charge in [-0.1, -0.05) is 6.58 Å². The number of unbranched alkanes of at least 4 members (excludes halogenated alkanes) is 1. The molecular weight excluding hydrogens is 384 g/mol. The zero-order chi connectivity index (χ0) is 21.9. The van der Waals surface area contributed by atoms with Crippen LogP contribution in [0.1, 0.15) is 78.1 Å². The molecule has 0 aromatic heterocycles. The van der Waals surface area contributed by atoms with Gasteiger partial charge in [-0.2, -0.15) is 0 Å². The van der Waals surface area contributed by atoms with Crippen molar-refractivity contribution in [2.45, 2.75) is 84.2 Å². The first-order valence-electron chi connectivity index (χ1n) is 11.6. The predicted octanol–water partition coefficient (Wildman–Crippen LogP) is 4.60. The SMILES string of the molecule is C=CC(=O)OCCCCOC(=O)C1CCC(C2CCC(C(=O)OC(C)C)CC2)CC1. The standard InChI is InChI=1S/C24H38O6/c1-4-22(25)28-15-5-6-16-29-23(26)20-11-7-18(8-12-20)19-9-13-21(14-10-19)24(27)30-17(2)3/h4,17-21H,1,5-16H2,2-3H3. The zero-order valence-corrected chi connectivity index (χ0v) is 18.6. The molecule has 0 N–H and O–H groups in total. The van der Waals surface area contributed by atoms with Crippen molar-refractivity contribution in [2.24, 2.45) is 23.7 Å². The highest BCUT2D eigenvalue weighted by Crippen LogP contribution is 2.41. The van der Waals surface area contributed by atoms with E-state index in [1.807, 2.05) is 13.8 Å². The largest absolute Gasteiger partial charge is 0.465 e. The van der Waals surface area contributed by atoms with Gasteiger partial charge >= 0.3 is 17.9 Å². The molecule has 2 fully saturated rings. The number of hydrogen-bond acceptors (Lipinski definition) is 6. The van der Waals surface area contributed by atoms with Crippen molar-refractivity contribution in [1.82, 2.24) is 0 Å². The summed E-state index contributed by atoms with van der Waals surface area (Å²) in [6.45, 7) is 7.84. The molecular formula is C24H38O6. The summed E-state index contributed by atoms with van der Waals surface area (Å²) in [4.78, 5) is 35.3. The first-order chi connectivity index (χ1) is 14.4. The third-order valence-electron chi connectivity index (χ3n) is 6.42. The molecule has 0 bridgehead atoms. The number of carbonyl (C=O) groups excluding carboxylic acids is 3. The van der Waals surface area contributed by atoms with E-state index in [0.717, 1.165) is 57.4 Å². The normalized spacial score (nSPS) is 26.6. The van der Waals surface area contributed by atoms with Gasteiger partial charge in [-0.25, -0.2) is 4.79 Å². The highest BCUT2D eigenvalue weighted by atomic mass is 16.5. The van der Waals surface area contributed by atoms with E-state index in [9.17, 15) is 14.4 Å². The lowest BCUT2D eigenvalue weighted by atomic mass is 9.69. The number of hydrogen-bond donors (Lipinski definition) is 0. The molecule has 0 aromatic carbocycles. The van der Waals surface area contributed by atoms with E-state index in [-0.39, 0.29) is 29.9 Å². The molecule has 2 aliphatic carbocycles. The van der Waals surface area contributed by atoms with E-state index < -0.39 is 5.97 Å². The van der Waals surface area contributed by atoms with Crippen LogP contribution in [-0.2, 0) is 28.6 Å². The first kappa shape index (κ1) is 24.4. The van der Waals surface area contributed by atoms with Crippen LogP contribution in [0.3, 0.4) is 0 Å². The highest BCUT2D eigenvalue weighted by Gasteiger charge is 2.35. The molecule has 0 radical (unpaired) electrons. The average Bonchev–Trinajstić information content (AvgIpc) is 2.75. The number of esters is 3. The van der Waals surface area contributed by atoms with Crippen LogP contribution in [0, 0.1) is 23.7 Å². The molecule has 2 aliphatic rings. The van der Waals surface area contributed by atoms with Crippen LogP contribution in [0.2, 0.25) is 0 Å². The number of carbonyl (C=O) groups is 3. The summed E-state index contributed by atoms with van der Waals surface area (Å²) in [7, 11) is 0. The molecule has 0 heterocycles. The third kappa shape index (κ3) is 8.11. The number of rotatable bonds is 10. The van der Waals surface area contributed by atoms with Gasteiger partial charge in [0.2, 0.25) is 0 Å². The summed E-state index contributed by atoms with van der Waals surface area (Å²) in [5, 5.41) is 0. The predicted molar refractivity (Wildman–Crippen MR) is 113 cm³/mol. The second kappa shape index (κ2) is 12.8. The van der Waals surface area contributed by atoms with Gasteiger partial charge in [-0.05, 0) is 89.9 Å². The molecule has 0 amide bonds. The summed E-state index contributed by atoms with van der Waals surface area (Å²) in [6.07, 6.45) is 10.4. The van der Waals surface area contributed by atoms with Crippen LogP contribution in [0.25, 0.3) is 0 Å². The van der Waals surface area contributed by atoms with Crippen LogP contribution < -0.4 is 0 Å². The summed E-state index contributed by atoms with van der Waals surface area (Å²) in [6, 6.07) is 0. The Balaban J connectivity index is 1.58. The second-order valence-corrected chi connectivity index (χ2v) is 8.96. The van der Waals surface area contributed by atoms with Gasteiger partial charge in [0.05, 0.1) is 31.2 Å². The molecule has 2 rings (SSSR count). The zero-order valence-electron chi connectivity index (χ0n) is 18.6. The fourth-order valence-electron chi connectivity index (χ4n) is 4.71. The smallest absolute Gasteiger partial charge is 0.330 e. The average molecular weight is 423 g/mol. The Morgan fingerprint density at radius 1 is 0.800 bits per heavy atom. The summed E-state index contributed by atoms with van der Waals surface area (Å²) in [5.74, 6) is 0.865. The monoisotopic (exact) mass is 422 g/mol. The molecule has 0 aliphatic heterocycles. The lowest BCUT2D eigenvalue weighted by Crippen LogP contribution is -2.31. The molecule has 0 spiro atoms. The molecule has 0 atom stereocenters. The van der Waals surface area contributed by atoms with Gasteiger partial charge in [0.1, 0.15) is 0 Å². The van der Waals surface area contributed by atoms with Crippen molar-refractivity contribution >= 4 is 17.9 Å². The van der Waals surface area contributed by atoms with Crippen LogP contribution in [0.4, 0.5) is 0 Å². The Morgan fingerprint density at radius 3 is 1.73 bits per heavy atom. The Hall–Kier alpha value is -1.85. The molecule has 30 heavy (non-hydrogen) atoms. The van der Waals surface area contributed by atoms with Crippen LogP contribution in [0.5, 0.6) is 0 Å². The van der Waals surface area contributed by atoms with E-state index in [2.05, 4.69) is 6.58 Å². The van der Waals surface area contributed by atoms with Gasteiger partial charge in [0, 0.05) is 6.08 Å². The maximum atomic E-state index is 12.3. The molecule has 0 aromatic rings. The van der Waals surface area contributed by atoms with E-state index in [0.29, 0.717) is 37.9 Å². The van der Waals surface area contributed by atoms with Gasteiger partial charge in [0.15, 0.2) is 0 Å². The quantitative estimate of drug-likeness (QED) is 0.221. The number of ether oxygens (including phenoxy) is 3. The van der Waals surface area contributed by atoms with Crippen LogP contribution in [0.15, 0.2) is 12.7 Å². The molecule has 0 saturated heterocycles. The minimum Gasteiger partial charge on any atom is -0.465 e. The third-order valence-corrected chi connectivity index (χ3v) is 6.42. The maximum absolute atomic E-state index is 12.3. The fourth-order valence-corrected chi connectivity index (χ4v) is 4.71. The highest BCUT2D eigenvalue weighted by molar-refractivity contribution is 5.81. The van der Waals surface area contributed by atoms with Gasteiger partial charge in [0.25, 0.3) is 0 Å². The van der Waals surface area contributed by atoms with E-state index in [4.69, 9.17) is 14.2 Å². The van der Waals surface area contributed by atoms with E-state index in [1.54, 1.807) is 0 Å². The van der Waals surface area contributed by atoms with Gasteiger partial charge in [-0.15, -0.1) is 0 Å². The molecule has 170 valence electrons. The Morgan fingerprint density at radius 2 is 1.27 bits per heavy atom. The van der Waals surface area contributed by atoms with Crippen LogP contribution in [-0.4, -0.2) is 37.2 Å². The Bertz CT molecular complexity index is 568. The summed E-state index contributed by atoms with van der Waals surface area (Å²) < 4.78 is 15.7. The first-order valence-corrected chi connectivity index (χ1v) is 11.6. The minimum absolute atomic E-state index is 0.0113. The Labute approximate surface area is 180 Å². The molecule has 6 nitrogen and oxygen atoms in total. The summed E-state index contributed by atoms with van der Waals surface area (Å²) >= 11 is 0. The van der Waals surface area contributed by atoms with Crippen molar-refractivity contribution in [3.63, 3.8) is 0 Å². The van der Waals surface area contributed by atoms with Crippen LogP contribution >= 0.6 is 0 Å². The fraction of sp³-hybridized carbons (Fsp3) is 0.792. The topological polar surface area (TPSA) is 78.9 Å². The summed E-state index contributed by atoms with van der Waals surface area (Å²) in [5.41, 5.74) is 0. The van der Waals surface area contributed by atoms with Crippen molar-refractivity contribution in [3.8, 4) is 0 Å². The minimum atomic E-state index is -0.423. The van der Waals surface area contributed by atoms with Crippen molar-refractivity contribution < 1.29 is 28.6 Å². The van der Waals surface area contributed by atoms with Gasteiger partial charge < -0.3 is 14.2 Å². The van der Waals surface area contributed by atoms with Gasteiger partial charge in [-0.3, -0.25) is 9.59 Å². The molecule has 0 unspecified atom stereocenters. The lowest BCUT2D eigenvalue weighted by molar-refractivity contribution is -0.154. The van der Waals surface area contributed by atoms with E-state index >= 15 is 0 Å².